The van der Waals surface area contributed by atoms with Crippen molar-refractivity contribution in [2.75, 3.05) is 11.1 Å². The second-order valence-corrected chi connectivity index (χ2v) is 3.39. The molecule has 15 heavy (non-hydrogen) atoms. The Labute approximate surface area is 91.7 Å². The third kappa shape index (κ3) is 2.19. The molecular weight excluding hydrogens is 214 g/mol. The molecule has 0 spiro atoms. The zero-order chi connectivity index (χ0) is 10.7. The molecule has 1 aromatic carbocycles. The number of aromatic nitrogens is 3. The van der Waals surface area contributed by atoms with E-state index >= 15 is 0 Å². The van der Waals surface area contributed by atoms with Crippen molar-refractivity contribution in [1.29, 1.82) is 0 Å². The van der Waals surface area contributed by atoms with E-state index in [1.54, 1.807) is 6.07 Å². The molecule has 0 aliphatic rings. The van der Waals surface area contributed by atoms with Crippen LogP contribution >= 0.6 is 11.6 Å². The van der Waals surface area contributed by atoms with Crippen LogP contribution in [0.25, 0.3) is 0 Å². The number of nitrogen functional groups attached to an aromatic ring is 1. The van der Waals surface area contributed by atoms with Gasteiger partial charge in [0.15, 0.2) is 0 Å². The average Bonchev–Trinajstić information content (AvgIpc) is 2.73. The minimum atomic E-state index is 0.532. The number of nitrogens with two attached hydrogens (primary N) is 1. The molecule has 6 heteroatoms. The number of nitrogens with one attached hydrogen (secondary N) is 2. The number of rotatable bonds is 3. The molecule has 1 aromatic heterocycles. The van der Waals surface area contributed by atoms with Gasteiger partial charge in [0.1, 0.15) is 12.2 Å². The Kier molecular flexibility index (Phi) is 2.73. The highest BCUT2D eigenvalue weighted by molar-refractivity contribution is 6.33. The van der Waals surface area contributed by atoms with E-state index in [0.717, 1.165) is 11.5 Å². The third-order valence-electron chi connectivity index (χ3n) is 1.96. The molecule has 78 valence electrons. The lowest BCUT2D eigenvalue weighted by molar-refractivity contribution is 0.955. The maximum Gasteiger partial charge on any atom is 0.143 e. The van der Waals surface area contributed by atoms with Gasteiger partial charge in [0.2, 0.25) is 0 Å². The molecule has 5 nitrogen and oxygen atoms in total. The van der Waals surface area contributed by atoms with E-state index in [2.05, 4.69) is 20.5 Å². The van der Waals surface area contributed by atoms with Crippen LogP contribution < -0.4 is 11.1 Å². The monoisotopic (exact) mass is 223 g/mol. The van der Waals surface area contributed by atoms with E-state index in [9.17, 15) is 0 Å². The number of nitrogens with zero attached hydrogens (tertiary/aromatic N) is 2. The van der Waals surface area contributed by atoms with Gasteiger partial charge in [-0.2, -0.15) is 5.10 Å². The summed E-state index contributed by atoms with van der Waals surface area (Å²) in [7, 11) is 0. The van der Waals surface area contributed by atoms with Gasteiger partial charge >= 0.3 is 0 Å². The SMILES string of the molecule is Nc1c(Cl)cccc1NCc1ncn[nH]1. The third-order valence-corrected chi connectivity index (χ3v) is 2.29. The minimum Gasteiger partial charge on any atom is -0.396 e. The predicted molar refractivity (Wildman–Crippen MR) is 59.6 cm³/mol. The average molecular weight is 224 g/mol. The zero-order valence-electron chi connectivity index (χ0n) is 7.87. The Hall–Kier alpha value is -1.75. The molecule has 1 heterocycles. The number of para-hydroxylation sites is 1. The number of benzene rings is 1. The molecule has 2 rings (SSSR count). The summed E-state index contributed by atoms with van der Waals surface area (Å²) < 4.78 is 0. The highest BCUT2D eigenvalue weighted by atomic mass is 35.5. The van der Waals surface area contributed by atoms with Crippen LogP contribution in [0, 0.1) is 0 Å². The van der Waals surface area contributed by atoms with Crippen molar-refractivity contribution in [2.45, 2.75) is 6.54 Å². The van der Waals surface area contributed by atoms with Gasteiger partial charge in [-0.15, -0.1) is 0 Å². The van der Waals surface area contributed by atoms with Crippen molar-refractivity contribution in [2.24, 2.45) is 0 Å². The molecule has 0 amide bonds. The molecule has 0 fully saturated rings. The first-order valence-electron chi connectivity index (χ1n) is 4.39. The molecule has 0 radical (unpaired) electrons. The Morgan fingerprint density at radius 3 is 3.07 bits per heavy atom. The van der Waals surface area contributed by atoms with Crippen LogP contribution in [0.1, 0.15) is 5.82 Å². The van der Waals surface area contributed by atoms with Gasteiger partial charge in [0.25, 0.3) is 0 Å². The molecule has 0 aliphatic heterocycles. The van der Waals surface area contributed by atoms with E-state index in [-0.39, 0.29) is 0 Å². The molecular formula is C9H10ClN5. The summed E-state index contributed by atoms with van der Waals surface area (Å²) in [6.07, 6.45) is 1.46. The quantitative estimate of drug-likeness (QED) is 0.692. The number of halogens is 1. The van der Waals surface area contributed by atoms with E-state index in [1.807, 2.05) is 12.1 Å². The lowest BCUT2D eigenvalue weighted by Crippen LogP contribution is -2.04. The van der Waals surface area contributed by atoms with Crippen molar-refractivity contribution in [1.82, 2.24) is 15.2 Å². The Balaban J connectivity index is 2.08. The molecule has 2 aromatic rings. The summed E-state index contributed by atoms with van der Waals surface area (Å²) in [5.74, 6) is 0.745. The van der Waals surface area contributed by atoms with E-state index in [1.165, 1.54) is 6.33 Å². The van der Waals surface area contributed by atoms with Crippen LogP contribution in [-0.4, -0.2) is 15.2 Å². The van der Waals surface area contributed by atoms with Crippen molar-refractivity contribution < 1.29 is 0 Å². The van der Waals surface area contributed by atoms with Crippen LogP contribution in [0.5, 0.6) is 0 Å². The zero-order valence-corrected chi connectivity index (χ0v) is 8.62. The van der Waals surface area contributed by atoms with E-state index in [0.29, 0.717) is 17.3 Å². The van der Waals surface area contributed by atoms with Crippen molar-refractivity contribution in [3.05, 3.63) is 35.4 Å². The number of aromatic amines is 1. The standard InChI is InChI=1S/C9H10ClN5/c10-6-2-1-3-7(9(6)11)12-4-8-13-5-14-15-8/h1-3,5,12H,4,11H2,(H,13,14,15). The fourth-order valence-electron chi connectivity index (χ4n) is 1.19. The van der Waals surface area contributed by atoms with Crippen LogP contribution in [-0.2, 0) is 6.54 Å². The number of hydrogen-bond donors (Lipinski definition) is 3. The molecule has 4 N–H and O–H groups in total. The Bertz CT molecular complexity index is 440. The summed E-state index contributed by atoms with van der Waals surface area (Å²) in [6, 6.07) is 5.44. The Morgan fingerprint density at radius 2 is 2.33 bits per heavy atom. The van der Waals surface area contributed by atoms with Crippen molar-refractivity contribution in [3.8, 4) is 0 Å². The van der Waals surface area contributed by atoms with Gasteiger partial charge in [-0.25, -0.2) is 4.98 Å². The maximum absolute atomic E-state index is 5.87. The first kappa shape index (κ1) is 9.79. The van der Waals surface area contributed by atoms with Crippen LogP contribution in [0.3, 0.4) is 0 Å². The maximum atomic E-state index is 5.87. The fourth-order valence-corrected chi connectivity index (χ4v) is 1.36. The summed E-state index contributed by atoms with van der Waals surface area (Å²) >= 11 is 5.87. The largest absolute Gasteiger partial charge is 0.396 e. The molecule has 0 unspecified atom stereocenters. The lowest BCUT2D eigenvalue weighted by Gasteiger charge is -2.08. The number of H-pyrrole nitrogens is 1. The van der Waals surface area contributed by atoms with E-state index < -0.39 is 0 Å². The Morgan fingerprint density at radius 1 is 1.47 bits per heavy atom. The smallest absolute Gasteiger partial charge is 0.143 e. The van der Waals surface area contributed by atoms with Crippen molar-refractivity contribution in [3.63, 3.8) is 0 Å². The van der Waals surface area contributed by atoms with Gasteiger partial charge in [0, 0.05) is 0 Å². The van der Waals surface area contributed by atoms with Crippen LogP contribution in [0.2, 0.25) is 5.02 Å². The van der Waals surface area contributed by atoms with Gasteiger partial charge in [-0.3, -0.25) is 5.10 Å². The van der Waals surface area contributed by atoms with Crippen LogP contribution in [0.4, 0.5) is 11.4 Å². The summed E-state index contributed by atoms with van der Waals surface area (Å²) in [5.41, 5.74) is 7.11. The van der Waals surface area contributed by atoms with Gasteiger partial charge < -0.3 is 11.1 Å². The molecule has 0 aliphatic carbocycles. The molecule has 0 atom stereocenters. The van der Waals surface area contributed by atoms with Crippen LogP contribution in [0.15, 0.2) is 24.5 Å². The normalized spacial score (nSPS) is 10.2. The van der Waals surface area contributed by atoms with E-state index in [4.69, 9.17) is 17.3 Å². The number of hydrogen-bond acceptors (Lipinski definition) is 4. The topological polar surface area (TPSA) is 79.6 Å². The second-order valence-electron chi connectivity index (χ2n) is 2.99. The summed E-state index contributed by atoms with van der Waals surface area (Å²) in [4.78, 5) is 3.98. The summed E-state index contributed by atoms with van der Waals surface area (Å²) in [6.45, 7) is 0.532. The first-order valence-corrected chi connectivity index (χ1v) is 4.77. The molecule has 0 saturated heterocycles. The van der Waals surface area contributed by atoms with Gasteiger partial charge in [-0.1, -0.05) is 17.7 Å². The highest BCUT2D eigenvalue weighted by Crippen LogP contribution is 2.26. The lowest BCUT2D eigenvalue weighted by atomic mass is 10.2. The first-order chi connectivity index (χ1) is 7.27. The minimum absolute atomic E-state index is 0.532. The van der Waals surface area contributed by atoms with Gasteiger partial charge in [0.05, 0.1) is 22.9 Å². The highest BCUT2D eigenvalue weighted by Gasteiger charge is 2.02. The van der Waals surface area contributed by atoms with Crippen molar-refractivity contribution >= 4 is 23.0 Å². The number of anilines is 2. The fraction of sp³-hybridized carbons (Fsp3) is 0.111. The molecule has 0 saturated carbocycles. The predicted octanol–water partition coefficient (Wildman–Crippen LogP) is 1.65. The molecule has 0 bridgehead atoms. The van der Waals surface area contributed by atoms with Gasteiger partial charge in [-0.05, 0) is 12.1 Å². The second kappa shape index (κ2) is 4.18. The summed E-state index contributed by atoms with van der Waals surface area (Å²) in [5, 5.41) is 10.1.